The Morgan fingerprint density at radius 1 is 1.14 bits per heavy atom. The van der Waals surface area contributed by atoms with Crippen molar-refractivity contribution in [2.24, 2.45) is 0 Å². The number of rotatable bonds is 7. The number of ether oxygens (including phenoxy) is 2. The number of likely N-dealkylation sites (N-methyl/N-ethyl adjacent to an activating group) is 1. The summed E-state index contributed by atoms with van der Waals surface area (Å²) < 4.78 is 15.6. The number of esters is 1. The number of nitrogens with one attached hydrogen (secondary N) is 1. The smallest absolute Gasteiger partial charge is 0.342 e. The van der Waals surface area contributed by atoms with Crippen LogP contribution in [0.15, 0.2) is 28.7 Å². The van der Waals surface area contributed by atoms with Gasteiger partial charge in [0.2, 0.25) is 5.91 Å². The van der Waals surface area contributed by atoms with E-state index in [1.807, 2.05) is 0 Å². The number of anilines is 1. The van der Waals surface area contributed by atoms with E-state index in [1.54, 1.807) is 45.0 Å². The third kappa shape index (κ3) is 5.12. The van der Waals surface area contributed by atoms with E-state index in [1.165, 1.54) is 19.1 Å². The lowest BCUT2D eigenvalue weighted by molar-refractivity contribution is -0.136. The maximum Gasteiger partial charge on any atom is 0.342 e. The number of benzene rings is 1. The lowest BCUT2D eigenvalue weighted by Gasteiger charge is -2.17. The summed E-state index contributed by atoms with van der Waals surface area (Å²) in [4.78, 5) is 37.7. The number of furan rings is 1. The number of hydrogen-bond acceptors (Lipinski definition) is 6. The molecule has 1 N–H and O–H groups in total. The second-order valence-corrected chi connectivity index (χ2v) is 6.32. The summed E-state index contributed by atoms with van der Waals surface area (Å²) >= 11 is 0. The molecule has 0 aliphatic rings. The Bertz CT molecular complexity index is 887. The Kier molecular flexibility index (Phi) is 6.81. The van der Waals surface area contributed by atoms with E-state index in [4.69, 9.17) is 13.9 Å². The van der Waals surface area contributed by atoms with Gasteiger partial charge in [0, 0.05) is 24.4 Å². The van der Waals surface area contributed by atoms with Gasteiger partial charge < -0.3 is 24.1 Å². The van der Waals surface area contributed by atoms with Gasteiger partial charge >= 0.3 is 5.97 Å². The molecule has 28 heavy (non-hydrogen) atoms. The average Bonchev–Trinajstić information content (AvgIpc) is 2.91. The summed E-state index contributed by atoms with van der Waals surface area (Å²) in [5.74, 6) is 0.168. The van der Waals surface area contributed by atoms with Crippen molar-refractivity contribution in [3.8, 4) is 5.75 Å². The van der Waals surface area contributed by atoms with Gasteiger partial charge in [-0.2, -0.15) is 0 Å². The quantitative estimate of drug-likeness (QED) is 0.732. The van der Waals surface area contributed by atoms with E-state index in [0.29, 0.717) is 34.1 Å². The molecule has 0 aliphatic carbocycles. The highest BCUT2D eigenvalue weighted by molar-refractivity contribution is 5.96. The second kappa shape index (κ2) is 9.07. The van der Waals surface area contributed by atoms with Crippen molar-refractivity contribution < 1.29 is 28.3 Å². The molecule has 2 amide bonds. The molecule has 8 nitrogen and oxygen atoms in total. The van der Waals surface area contributed by atoms with Gasteiger partial charge in [0.15, 0.2) is 6.61 Å². The molecule has 0 spiro atoms. The highest BCUT2D eigenvalue weighted by Crippen LogP contribution is 2.21. The van der Waals surface area contributed by atoms with Gasteiger partial charge in [-0.1, -0.05) is 6.07 Å². The highest BCUT2D eigenvalue weighted by atomic mass is 16.5. The maximum atomic E-state index is 12.2. The zero-order chi connectivity index (χ0) is 20.8. The molecule has 0 saturated heterocycles. The van der Waals surface area contributed by atoms with Crippen molar-refractivity contribution >= 4 is 23.5 Å². The Morgan fingerprint density at radius 3 is 2.46 bits per heavy atom. The van der Waals surface area contributed by atoms with Gasteiger partial charge in [0.1, 0.15) is 22.8 Å². The predicted octanol–water partition coefficient (Wildman–Crippen LogP) is 2.47. The molecule has 1 aromatic heterocycles. The fourth-order valence-corrected chi connectivity index (χ4v) is 2.61. The summed E-state index contributed by atoms with van der Waals surface area (Å²) in [5, 5.41) is 2.68. The van der Waals surface area contributed by atoms with Crippen molar-refractivity contribution in [1.82, 2.24) is 4.90 Å². The minimum Gasteiger partial charge on any atom is -0.497 e. The Balaban J connectivity index is 1.86. The first kappa shape index (κ1) is 21.0. The van der Waals surface area contributed by atoms with Gasteiger partial charge in [-0.3, -0.25) is 9.59 Å². The lowest BCUT2D eigenvalue weighted by atomic mass is 10.1. The average molecular weight is 388 g/mol. The van der Waals surface area contributed by atoms with E-state index in [9.17, 15) is 14.4 Å². The van der Waals surface area contributed by atoms with Crippen molar-refractivity contribution in [2.75, 3.05) is 32.6 Å². The van der Waals surface area contributed by atoms with Crippen LogP contribution in [0.1, 0.15) is 27.4 Å². The summed E-state index contributed by atoms with van der Waals surface area (Å²) in [7, 11) is 2.99. The predicted molar refractivity (Wildman–Crippen MR) is 102 cm³/mol. The van der Waals surface area contributed by atoms with Gasteiger partial charge in [-0.05, 0) is 32.9 Å². The monoisotopic (exact) mass is 388 g/mol. The van der Waals surface area contributed by atoms with Crippen LogP contribution in [0.3, 0.4) is 0 Å². The van der Waals surface area contributed by atoms with Crippen molar-refractivity contribution in [3.63, 3.8) is 0 Å². The number of amides is 2. The molecule has 0 radical (unpaired) electrons. The normalized spacial score (nSPS) is 10.3. The largest absolute Gasteiger partial charge is 0.497 e. The Hall–Kier alpha value is -3.29. The van der Waals surface area contributed by atoms with Crippen LogP contribution < -0.4 is 10.1 Å². The molecule has 1 heterocycles. The van der Waals surface area contributed by atoms with Crippen LogP contribution in [-0.2, 0) is 14.3 Å². The van der Waals surface area contributed by atoms with Gasteiger partial charge in [-0.25, -0.2) is 4.79 Å². The molecule has 8 heteroatoms. The number of aryl methyl sites for hydroxylation is 2. The molecule has 1 aromatic carbocycles. The summed E-state index contributed by atoms with van der Waals surface area (Å²) in [6.07, 6.45) is 0. The van der Waals surface area contributed by atoms with Crippen LogP contribution in [-0.4, -0.2) is 50.0 Å². The molecule has 0 aliphatic heterocycles. The molecular weight excluding hydrogens is 364 g/mol. The molecule has 0 fully saturated rings. The van der Waals surface area contributed by atoms with Crippen LogP contribution in [0.5, 0.6) is 5.75 Å². The second-order valence-electron chi connectivity index (χ2n) is 6.32. The highest BCUT2D eigenvalue weighted by Gasteiger charge is 2.22. The number of carbonyl (C=O) groups is 3. The molecule has 0 atom stereocenters. The fraction of sp³-hybridized carbons (Fsp3) is 0.350. The molecule has 2 aromatic rings. The molecule has 2 rings (SSSR count). The summed E-state index contributed by atoms with van der Waals surface area (Å²) in [6.45, 7) is 4.51. The molecule has 0 bridgehead atoms. The summed E-state index contributed by atoms with van der Waals surface area (Å²) in [6, 6.07) is 6.87. The zero-order valence-corrected chi connectivity index (χ0v) is 16.6. The zero-order valence-electron chi connectivity index (χ0n) is 16.6. The van der Waals surface area contributed by atoms with Crippen LogP contribution in [0, 0.1) is 20.8 Å². The third-order valence-corrected chi connectivity index (χ3v) is 4.25. The first-order valence-electron chi connectivity index (χ1n) is 8.64. The van der Waals surface area contributed by atoms with Gasteiger partial charge in [0.25, 0.3) is 5.91 Å². The lowest BCUT2D eigenvalue weighted by Crippen LogP contribution is -2.37. The number of nitrogens with zero attached hydrogens (tertiary/aromatic N) is 1. The number of carbonyl (C=O) groups excluding carboxylic acids is 3. The molecule has 150 valence electrons. The number of methoxy groups -OCH3 is 1. The molecule has 0 saturated carbocycles. The van der Waals surface area contributed by atoms with Crippen LogP contribution in [0.25, 0.3) is 0 Å². The SMILES string of the molecule is COc1cccc(NC(=O)CN(C)C(=O)COC(=O)c2c(C)oc(C)c2C)c1. The Morgan fingerprint density at radius 2 is 1.86 bits per heavy atom. The Labute approximate surface area is 163 Å². The third-order valence-electron chi connectivity index (χ3n) is 4.25. The van der Waals surface area contributed by atoms with E-state index >= 15 is 0 Å². The standard InChI is InChI=1S/C20H24N2O6/c1-12-13(2)28-14(3)19(12)20(25)27-11-18(24)22(4)10-17(23)21-15-7-6-8-16(9-15)26-5/h6-9H,10-11H2,1-5H3,(H,21,23). The minimum absolute atomic E-state index is 0.184. The van der Waals surface area contributed by atoms with Crippen LogP contribution in [0.4, 0.5) is 5.69 Å². The topological polar surface area (TPSA) is 98.1 Å². The first-order chi connectivity index (χ1) is 13.2. The van der Waals surface area contributed by atoms with Crippen molar-refractivity contribution in [3.05, 3.63) is 46.9 Å². The van der Waals surface area contributed by atoms with Gasteiger partial charge in [-0.15, -0.1) is 0 Å². The van der Waals surface area contributed by atoms with Crippen molar-refractivity contribution in [2.45, 2.75) is 20.8 Å². The van der Waals surface area contributed by atoms with Crippen LogP contribution >= 0.6 is 0 Å². The molecule has 0 unspecified atom stereocenters. The van der Waals surface area contributed by atoms with E-state index in [0.717, 1.165) is 0 Å². The van der Waals surface area contributed by atoms with E-state index < -0.39 is 18.5 Å². The molecular formula is C20H24N2O6. The van der Waals surface area contributed by atoms with E-state index in [-0.39, 0.29) is 12.5 Å². The summed E-state index contributed by atoms with van der Waals surface area (Å²) in [5.41, 5.74) is 1.56. The van der Waals surface area contributed by atoms with Crippen molar-refractivity contribution in [1.29, 1.82) is 0 Å². The maximum absolute atomic E-state index is 12.2. The first-order valence-corrected chi connectivity index (χ1v) is 8.64. The van der Waals surface area contributed by atoms with E-state index in [2.05, 4.69) is 5.32 Å². The minimum atomic E-state index is -0.630. The fourth-order valence-electron chi connectivity index (χ4n) is 2.61. The van der Waals surface area contributed by atoms with Crippen LogP contribution in [0.2, 0.25) is 0 Å². The number of hydrogen-bond donors (Lipinski definition) is 1. The van der Waals surface area contributed by atoms with Gasteiger partial charge in [0.05, 0.1) is 13.7 Å².